The van der Waals surface area contributed by atoms with Gasteiger partial charge in [-0.1, -0.05) is 43.2 Å². The number of nitrogens with one attached hydrogen (secondary N) is 1. The van der Waals surface area contributed by atoms with Crippen LogP contribution in [-0.2, 0) is 13.5 Å². The first-order valence-electron chi connectivity index (χ1n) is 8.10. The molecule has 3 nitrogen and oxygen atoms in total. The zero-order valence-corrected chi connectivity index (χ0v) is 12.8. The highest BCUT2D eigenvalue weighted by atomic mass is 15.2. The first kappa shape index (κ1) is 14.3. The lowest BCUT2D eigenvalue weighted by molar-refractivity contribution is 0.329. The first-order chi connectivity index (χ1) is 10.3. The second-order valence-corrected chi connectivity index (χ2v) is 6.09. The van der Waals surface area contributed by atoms with E-state index >= 15 is 0 Å². The molecule has 2 unspecified atom stereocenters. The van der Waals surface area contributed by atoms with Crippen molar-refractivity contribution < 1.29 is 0 Å². The van der Waals surface area contributed by atoms with Crippen LogP contribution in [0, 0.1) is 0 Å². The number of benzene rings is 1. The first-order valence-corrected chi connectivity index (χ1v) is 8.10. The van der Waals surface area contributed by atoms with Crippen LogP contribution in [0.25, 0.3) is 0 Å². The molecule has 2 aromatic rings. The van der Waals surface area contributed by atoms with Gasteiger partial charge in [-0.25, -0.2) is 0 Å². The van der Waals surface area contributed by atoms with Crippen molar-refractivity contribution in [2.75, 3.05) is 6.54 Å². The van der Waals surface area contributed by atoms with Gasteiger partial charge in [0.15, 0.2) is 0 Å². The lowest BCUT2D eigenvalue weighted by Crippen LogP contribution is -2.38. The van der Waals surface area contributed by atoms with Gasteiger partial charge in [0, 0.05) is 32.3 Å². The van der Waals surface area contributed by atoms with Crippen molar-refractivity contribution in [3.05, 3.63) is 53.9 Å². The zero-order chi connectivity index (χ0) is 14.5. The van der Waals surface area contributed by atoms with E-state index in [-0.39, 0.29) is 0 Å². The van der Waals surface area contributed by atoms with Crippen molar-refractivity contribution >= 4 is 0 Å². The number of hydrogen-bond acceptors (Lipinski definition) is 2. The summed E-state index contributed by atoms with van der Waals surface area (Å²) >= 11 is 0. The highest BCUT2D eigenvalue weighted by molar-refractivity contribution is 5.22. The van der Waals surface area contributed by atoms with Crippen molar-refractivity contribution in [3.8, 4) is 0 Å². The van der Waals surface area contributed by atoms with E-state index in [4.69, 9.17) is 0 Å². The highest BCUT2D eigenvalue weighted by Crippen LogP contribution is 2.32. The Morgan fingerprint density at radius 3 is 2.71 bits per heavy atom. The van der Waals surface area contributed by atoms with Crippen LogP contribution in [-0.4, -0.2) is 22.4 Å². The molecule has 21 heavy (non-hydrogen) atoms. The third-order valence-electron chi connectivity index (χ3n) is 4.55. The molecule has 1 N–H and O–H groups in total. The van der Waals surface area contributed by atoms with Crippen molar-refractivity contribution in [3.63, 3.8) is 0 Å². The second kappa shape index (κ2) is 6.90. The summed E-state index contributed by atoms with van der Waals surface area (Å²) in [7, 11) is 1.98. The van der Waals surface area contributed by atoms with Gasteiger partial charge in [0.25, 0.3) is 0 Å². The fraction of sp³-hybridized carbons (Fsp3) is 0.500. The van der Waals surface area contributed by atoms with Crippen LogP contribution in [0.2, 0.25) is 0 Å². The van der Waals surface area contributed by atoms with Gasteiger partial charge in [-0.2, -0.15) is 5.10 Å². The molecule has 0 aliphatic heterocycles. The van der Waals surface area contributed by atoms with Gasteiger partial charge in [0.1, 0.15) is 0 Å². The molecule has 1 aliphatic carbocycles. The number of hydrogen-bond donors (Lipinski definition) is 1. The molecule has 1 aromatic carbocycles. The Morgan fingerprint density at radius 1 is 1.14 bits per heavy atom. The van der Waals surface area contributed by atoms with Gasteiger partial charge in [0.2, 0.25) is 0 Å². The summed E-state index contributed by atoms with van der Waals surface area (Å²) in [6.07, 6.45) is 8.34. The molecule has 0 radical (unpaired) electrons. The summed E-state index contributed by atoms with van der Waals surface area (Å²) in [5, 5.41) is 8.23. The smallest absolute Gasteiger partial charge is 0.0637 e. The monoisotopic (exact) mass is 283 g/mol. The third-order valence-corrected chi connectivity index (χ3v) is 4.55. The van der Waals surface area contributed by atoms with Crippen LogP contribution in [0.15, 0.2) is 42.6 Å². The van der Waals surface area contributed by atoms with Crippen LogP contribution in [0.3, 0.4) is 0 Å². The summed E-state index contributed by atoms with van der Waals surface area (Å²) in [6, 6.07) is 13.7. The van der Waals surface area contributed by atoms with E-state index in [1.165, 1.54) is 36.9 Å². The molecule has 3 rings (SSSR count). The van der Waals surface area contributed by atoms with Crippen LogP contribution >= 0.6 is 0 Å². The average molecular weight is 283 g/mol. The Hall–Kier alpha value is -1.61. The summed E-state index contributed by atoms with van der Waals surface area (Å²) < 4.78 is 1.88. The van der Waals surface area contributed by atoms with Crippen LogP contribution in [0.5, 0.6) is 0 Å². The van der Waals surface area contributed by atoms with E-state index in [1.807, 2.05) is 17.9 Å². The van der Waals surface area contributed by atoms with Crippen LogP contribution in [0.1, 0.15) is 42.9 Å². The minimum atomic E-state index is 0.616. The Labute approximate surface area is 127 Å². The van der Waals surface area contributed by atoms with Gasteiger partial charge in [-0.15, -0.1) is 0 Å². The molecule has 2 atom stereocenters. The Balaban J connectivity index is 1.57. The van der Waals surface area contributed by atoms with Gasteiger partial charge in [0.05, 0.1) is 5.69 Å². The Morgan fingerprint density at radius 2 is 1.95 bits per heavy atom. The van der Waals surface area contributed by atoms with Gasteiger partial charge in [-0.3, -0.25) is 4.68 Å². The van der Waals surface area contributed by atoms with Crippen LogP contribution in [0.4, 0.5) is 0 Å². The topological polar surface area (TPSA) is 29.9 Å². The molecule has 1 aliphatic rings. The van der Waals surface area contributed by atoms with Crippen molar-refractivity contribution in [2.24, 2.45) is 7.05 Å². The predicted octanol–water partition coefficient (Wildman–Crippen LogP) is 3.28. The van der Waals surface area contributed by atoms with E-state index in [9.17, 15) is 0 Å². The number of aryl methyl sites for hydroxylation is 1. The standard InChI is InChI=1S/C18H25N3/c1-21-14-12-16(20-21)11-13-19-18-10-6-5-9-17(18)15-7-3-2-4-8-15/h2-4,7-8,12,14,17-19H,5-6,9-11,13H2,1H3. The largest absolute Gasteiger partial charge is 0.313 e. The second-order valence-electron chi connectivity index (χ2n) is 6.09. The molecule has 1 heterocycles. The maximum absolute atomic E-state index is 4.45. The molecular weight excluding hydrogens is 258 g/mol. The Bertz CT molecular complexity index is 547. The third kappa shape index (κ3) is 3.73. The minimum absolute atomic E-state index is 0.616. The Kier molecular flexibility index (Phi) is 4.71. The van der Waals surface area contributed by atoms with Crippen molar-refractivity contribution in [1.29, 1.82) is 0 Å². The lowest BCUT2D eigenvalue weighted by atomic mass is 9.80. The van der Waals surface area contributed by atoms with E-state index in [0.717, 1.165) is 13.0 Å². The summed E-state index contributed by atoms with van der Waals surface area (Å²) in [5.74, 6) is 0.670. The lowest BCUT2D eigenvalue weighted by Gasteiger charge is -2.32. The molecule has 1 saturated carbocycles. The fourth-order valence-corrected chi connectivity index (χ4v) is 3.46. The molecule has 112 valence electrons. The molecule has 0 spiro atoms. The molecule has 0 bridgehead atoms. The molecule has 1 aromatic heterocycles. The van der Waals surface area contributed by atoms with Crippen molar-refractivity contribution in [2.45, 2.75) is 44.1 Å². The predicted molar refractivity (Wildman–Crippen MR) is 86.4 cm³/mol. The maximum Gasteiger partial charge on any atom is 0.0637 e. The maximum atomic E-state index is 4.45. The van der Waals surface area contributed by atoms with Gasteiger partial charge in [-0.05, 0) is 30.4 Å². The zero-order valence-electron chi connectivity index (χ0n) is 12.8. The van der Waals surface area contributed by atoms with Gasteiger partial charge < -0.3 is 5.32 Å². The summed E-state index contributed by atoms with van der Waals surface area (Å²) in [4.78, 5) is 0. The molecule has 0 amide bonds. The molecule has 0 saturated heterocycles. The summed E-state index contributed by atoms with van der Waals surface area (Å²) in [6.45, 7) is 1.02. The molecule has 1 fully saturated rings. The van der Waals surface area contributed by atoms with Crippen molar-refractivity contribution in [1.82, 2.24) is 15.1 Å². The van der Waals surface area contributed by atoms with E-state index in [1.54, 1.807) is 0 Å². The number of aromatic nitrogens is 2. The van der Waals surface area contributed by atoms with E-state index in [2.05, 4.69) is 46.8 Å². The SMILES string of the molecule is Cn1ccc(CCNC2CCCCC2c2ccccc2)n1. The normalized spacial score (nSPS) is 22.3. The quantitative estimate of drug-likeness (QED) is 0.912. The van der Waals surface area contributed by atoms with E-state index < -0.39 is 0 Å². The number of rotatable bonds is 5. The van der Waals surface area contributed by atoms with Gasteiger partial charge >= 0.3 is 0 Å². The van der Waals surface area contributed by atoms with E-state index in [0.29, 0.717) is 12.0 Å². The van der Waals surface area contributed by atoms with Crippen LogP contribution < -0.4 is 5.32 Å². The highest BCUT2D eigenvalue weighted by Gasteiger charge is 2.25. The fourth-order valence-electron chi connectivity index (χ4n) is 3.46. The molecule has 3 heteroatoms. The minimum Gasteiger partial charge on any atom is -0.313 e. The molecular formula is C18H25N3. The summed E-state index contributed by atoms with van der Waals surface area (Å²) in [5.41, 5.74) is 2.67. The number of nitrogens with zero attached hydrogens (tertiary/aromatic N) is 2. The average Bonchev–Trinajstić information content (AvgIpc) is 2.94.